The second kappa shape index (κ2) is 8.62. The number of para-hydroxylation sites is 1. The van der Waals surface area contributed by atoms with Crippen molar-refractivity contribution in [3.8, 4) is 5.75 Å². The van der Waals surface area contributed by atoms with Crippen LogP contribution in [0.5, 0.6) is 5.75 Å². The third-order valence-corrected chi connectivity index (χ3v) is 5.53. The van der Waals surface area contributed by atoms with E-state index in [0.717, 1.165) is 28.5 Å². The van der Waals surface area contributed by atoms with Crippen LogP contribution >= 0.6 is 11.8 Å². The number of nitrogens with one attached hydrogen (secondary N) is 2. The molecule has 0 fully saturated rings. The monoisotopic (exact) mass is 421 g/mol. The van der Waals surface area contributed by atoms with E-state index in [4.69, 9.17) is 4.74 Å². The molecule has 1 amide bonds. The first kappa shape index (κ1) is 20.0. The van der Waals surface area contributed by atoms with Gasteiger partial charge < -0.3 is 15.4 Å². The van der Waals surface area contributed by atoms with Crippen molar-refractivity contribution in [1.82, 2.24) is 14.8 Å². The van der Waals surface area contributed by atoms with Crippen LogP contribution in [0.15, 0.2) is 71.0 Å². The predicted molar refractivity (Wildman–Crippen MR) is 119 cm³/mol. The number of anilines is 2. The number of benzene rings is 2. The molecule has 0 radical (unpaired) electrons. The Labute approximate surface area is 179 Å². The standard InChI is InChI=1S/C22H23N5O2S/c1-4-30-22-25-21-23-14(2)18(20(28)24-16-8-6-5-7-9-16)19(27(21)26-22)15-10-12-17(29-3)13-11-15/h5-13,19H,4H2,1-3H3,(H,24,28)(H,23,25,26). The van der Waals surface area contributed by atoms with Crippen molar-refractivity contribution in [3.05, 3.63) is 71.4 Å². The number of amides is 1. The molecule has 2 heterocycles. The van der Waals surface area contributed by atoms with Crippen molar-refractivity contribution in [2.45, 2.75) is 25.0 Å². The second-order valence-electron chi connectivity index (χ2n) is 6.76. The highest BCUT2D eigenvalue weighted by Crippen LogP contribution is 2.37. The van der Waals surface area contributed by atoms with Gasteiger partial charge in [0.1, 0.15) is 11.8 Å². The van der Waals surface area contributed by atoms with Crippen molar-refractivity contribution in [2.75, 3.05) is 23.5 Å². The number of aromatic nitrogens is 3. The fraction of sp³-hybridized carbons (Fsp3) is 0.227. The number of methoxy groups -OCH3 is 1. The van der Waals surface area contributed by atoms with Crippen LogP contribution in [-0.2, 0) is 4.79 Å². The van der Waals surface area contributed by atoms with Gasteiger partial charge in [0.25, 0.3) is 5.91 Å². The van der Waals surface area contributed by atoms with E-state index in [-0.39, 0.29) is 5.91 Å². The Kier molecular flexibility index (Phi) is 5.76. The molecule has 0 saturated carbocycles. The van der Waals surface area contributed by atoms with E-state index in [2.05, 4.69) is 27.6 Å². The Bertz CT molecular complexity index is 1080. The Morgan fingerprint density at radius 1 is 1.20 bits per heavy atom. The van der Waals surface area contributed by atoms with E-state index < -0.39 is 6.04 Å². The third kappa shape index (κ3) is 3.91. The molecule has 2 aromatic carbocycles. The molecule has 8 heteroatoms. The van der Waals surface area contributed by atoms with Gasteiger partial charge in [0.2, 0.25) is 11.1 Å². The van der Waals surface area contributed by atoms with Crippen LogP contribution in [0.1, 0.15) is 25.5 Å². The van der Waals surface area contributed by atoms with Gasteiger partial charge in [-0.25, -0.2) is 4.68 Å². The number of fused-ring (bicyclic) bond motifs is 1. The van der Waals surface area contributed by atoms with Crippen molar-refractivity contribution in [1.29, 1.82) is 0 Å². The molecule has 0 saturated heterocycles. The number of ether oxygens (including phenoxy) is 1. The predicted octanol–water partition coefficient (Wildman–Crippen LogP) is 4.33. The molecule has 1 unspecified atom stereocenters. The van der Waals surface area contributed by atoms with Gasteiger partial charge in [-0.05, 0) is 42.5 Å². The minimum Gasteiger partial charge on any atom is -0.497 e. The largest absolute Gasteiger partial charge is 0.497 e. The fourth-order valence-corrected chi connectivity index (χ4v) is 3.98. The van der Waals surface area contributed by atoms with Gasteiger partial charge in [0.05, 0.1) is 12.7 Å². The molecule has 0 bridgehead atoms. The van der Waals surface area contributed by atoms with E-state index in [0.29, 0.717) is 16.7 Å². The van der Waals surface area contributed by atoms with Crippen LogP contribution in [0.25, 0.3) is 0 Å². The summed E-state index contributed by atoms with van der Waals surface area (Å²) in [5.74, 6) is 2.06. The molecule has 1 aliphatic heterocycles. The molecular weight excluding hydrogens is 398 g/mol. The zero-order chi connectivity index (χ0) is 21.1. The summed E-state index contributed by atoms with van der Waals surface area (Å²) in [6.45, 7) is 3.95. The first-order chi connectivity index (χ1) is 14.6. The molecule has 154 valence electrons. The molecule has 0 spiro atoms. The number of carbonyl (C=O) groups is 1. The van der Waals surface area contributed by atoms with E-state index >= 15 is 0 Å². The van der Waals surface area contributed by atoms with Gasteiger partial charge in [-0.1, -0.05) is 49.0 Å². The van der Waals surface area contributed by atoms with Crippen LogP contribution in [0.2, 0.25) is 0 Å². The SMILES string of the molecule is CCSc1nc2n(n1)C(c1ccc(OC)cc1)C(C(=O)Nc1ccccc1)=C(C)N2. The lowest BCUT2D eigenvalue weighted by atomic mass is 9.95. The lowest BCUT2D eigenvalue weighted by molar-refractivity contribution is -0.113. The van der Waals surface area contributed by atoms with Crippen molar-refractivity contribution < 1.29 is 9.53 Å². The Morgan fingerprint density at radius 2 is 1.93 bits per heavy atom. The average molecular weight is 422 g/mol. The number of hydrogen-bond donors (Lipinski definition) is 2. The van der Waals surface area contributed by atoms with Gasteiger partial charge in [-0.15, -0.1) is 5.10 Å². The number of carbonyl (C=O) groups excluding carboxylic acids is 1. The summed E-state index contributed by atoms with van der Waals surface area (Å²) < 4.78 is 7.08. The lowest BCUT2D eigenvalue weighted by Crippen LogP contribution is -2.31. The molecule has 2 N–H and O–H groups in total. The zero-order valence-corrected chi connectivity index (χ0v) is 17.9. The quantitative estimate of drug-likeness (QED) is 0.577. The van der Waals surface area contributed by atoms with Crippen LogP contribution in [0, 0.1) is 0 Å². The Balaban J connectivity index is 1.77. The summed E-state index contributed by atoms with van der Waals surface area (Å²) in [6.07, 6.45) is 0. The summed E-state index contributed by atoms with van der Waals surface area (Å²) in [5.41, 5.74) is 3.00. The first-order valence-electron chi connectivity index (χ1n) is 9.68. The minimum absolute atomic E-state index is 0.183. The van der Waals surface area contributed by atoms with Gasteiger partial charge in [-0.2, -0.15) is 4.98 Å². The normalized spacial score (nSPS) is 15.4. The van der Waals surface area contributed by atoms with E-state index in [1.54, 1.807) is 23.6 Å². The van der Waals surface area contributed by atoms with Gasteiger partial charge in [-0.3, -0.25) is 4.79 Å². The second-order valence-corrected chi connectivity index (χ2v) is 7.99. The molecule has 7 nitrogen and oxygen atoms in total. The Hall–Kier alpha value is -3.26. The molecule has 0 aliphatic carbocycles. The number of thioether (sulfide) groups is 1. The van der Waals surface area contributed by atoms with Crippen molar-refractivity contribution >= 4 is 29.3 Å². The zero-order valence-electron chi connectivity index (χ0n) is 17.0. The molecule has 1 aromatic heterocycles. The van der Waals surface area contributed by atoms with E-state index in [9.17, 15) is 4.79 Å². The van der Waals surface area contributed by atoms with Crippen molar-refractivity contribution in [2.24, 2.45) is 0 Å². The molecule has 4 rings (SSSR count). The maximum Gasteiger partial charge on any atom is 0.255 e. The smallest absolute Gasteiger partial charge is 0.255 e. The summed E-state index contributed by atoms with van der Waals surface area (Å²) in [4.78, 5) is 17.9. The summed E-state index contributed by atoms with van der Waals surface area (Å²) in [7, 11) is 1.63. The summed E-state index contributed by atoms with van der Waals surface area (Å²) in [6, 6.07) is 16.7. The fourth-order valence-electron chi connectivity index (χ4n) is 3.43. The molecule has 3 aromatic rings. The minimum atomic E-state index is -0.408. The van der Waals surface area contributed by atoms with Crippen LogP contribution in [0.4, 0.5) is 11.6 Å². The number of nitrogens with zero attached hydrogens (tertiary/aromatic N) is 3. The summed E-state index contributed by atoms with van der Waals surface area (Å²) >= 11 is 1.56. The number of allylic oxidation sites excluding steroid dienone is 1. The van der Waals surface area contributed by atoms with Crippen LogP contribution < -0.4 is 15.4 Å². The van der Waals surface area contributed by atoms with Crippen LogP contribution in [-0.4, -0.2) is 33.5 Å². The van der Waals surface area contributed by atoms with Gasteiger partial charge in [0.15, 0.2) is 0 Å². The Morgan fingerprint density at radius 3 is 2.60 bits per heavy atom. The molecule has 30 heavy (non-hydrogen) atoms. The average Bonchev–Trinajstić information content (AvgIpc) is 3.15. The molecule has 1 aliphatic rings. The topological polar surface area (TPSA) is 81.1 Å². The third-order valence-electron chi connectivity index (χ3n) is 4.81. The van der Waals surface area contributed by atoms with Crippen LogP contribution in [0.3, 0.4) is 0 Å². The molecule has 1 atom stereocenters. The van der Waals surface area contributed by atoms with Crippen molar-refractivity contribution in [3.63, 3.8) is 0 Å². The number of hydrogen-bond acceptors (Lipinski definition) is 6. The number of rotatable bonds is 6. The maximum atomic E-state index is 13.3. The highest BCUT2D eigenvalue weighted by Gasteiger charge is 2.34. The summed E-state index contributed by atoms with van der Waals surface area (Å²) in [5, 5.41) is 11.6. The highest BCUT2D eigenvalue weighted by molar-refractivity contribution is 7.99. The maximum absolute atomic E-state index is 13.3. The van der Waals surface area contributed by atoms with Gasteiger partial charge >= 0.3 is 0 Å². The first-order valence-corrected chi connectivity index (χ1v) is 10.7. The lowest BCUT2D eigenvalue weighted by Gasteiger charge is -2.28. The van der Waals surface area contributed by atoms with E-state index in [1.807, 2.05) is 61.5 Å². The highest BCUT2D eigenvalue weighted by atomic mass is 32.2. The molecular formula is C22H23N5O2S. The van der Waals surface area contributed by atoms with E-state index in [1.165, 1.54) is 0 Å². The van der Waals surface area contributed by atoms with Gasteiger partial charge in [0, 0.05) is 11.4 Å².